The molecule has 0 aliphatic carbocycles. The Morgan fingerprint density at radius 3 is 2.69 bits per heavy atom. The average molecular weight is 462 g/mol. The molecule has 0 aliphatic heterocycles. The number of thiazole rings is 1. The first-order valence-corrected chi connectivity index (χ1v) is 12.0. The van der Waals surface area contributed by atoms with Crippen LogP contribution in [0, 0.1) is 13.8 Å². The van der Waals surface area contributed by atoms with Crippen LogP contribution in [0.1, 0.15) is 11.1 Å². The summed E-state index contributed by atoms with van der Waals surface area (Å²) in [6, 6.07) is 16.2. The number of benzene rings is 2. The van der Waals surface area contributed by atoms with E-state index in [2.05, 4.69) is 27.1 Å². The minimum absolute atomic E-state index is 0.134. The molecule has 1 N–H and O–H groups in total. The maximum Gasteiger partial charge on any atom is 0.236 e. The highest BCUT2D eigenvalue weighted by Crippen LogP contribution is 2.28. The number of nitrogens with one attached hydrogen (secondary N) is 1. The van der Waals surface area contributed by atoms with Crippen molar-refractivity contribution < 1.29 is 4.79 Å². The normalized spacial score (nSPS) is 10.8. The monoisotopic (exact) mass is 461 g/mol. The van der Waals surface area contributed by atoms with Crippen LogP contribution in [-0.2, 0) is 11.3 Å². The first kappa shape index (κ1) is 22.0. The van der Waals surface area contributed by atoms with E-state index in [1.165, 1.54) is 28.7 Å². The summed E-state index contributed by atoms with van der Waals surface area (Å²) in [6.07, 6.45) is 1.80. The molecule has 0 saturated heterocycles. The van der Waals surface area contributed by atoms with Crippen molar-refractivity contribution in [2.75, 3.05) is 11.1 Å². The Morgan fingerprint density at radius 1 is 1.16 bits per heavy atom. The third-order valence-corrected chi connectivity index (χ3v) is 6.57. The van der Waals surface area contributed by atoms with Crippen LogP contribution in [0.2, 0.25) is 0 Å². The number of thioether (sulfide) groups is 1. The number of hydrogen-bond acceptors (Lipinski definition) is 6. The van der Waals surface area contributed by atoms with Gasteiger partial charge in [-0.15, -0.1) is 28.1 Å². The molecule has 1 amide bonds. The van der Waals surface area contributed by atoms with Crippen LogP contribution < -0.4 is 5.32 Å². The number of allylic oxidation sites excluding steroid dienone is 1. The van der Waals surface area contributed by atoms with Gasteiger partial charge in [-0.2, -0.15) is 0 Å². The first-order valence-electron chi connectivity index (χ1n) is 10.1. The van der Waals surface area contributed by atoms with Gasteiger partial charge < -0.3 is 5.32 Å². The van der Waals surface area contributed by atoms with Gasteiger partial charge in [0.25, 0.3) is 0 Å². The molecule has 0 atom stereocenters. The number of aryl methyl sites for hydroxylation is 2. The molecular weight excluding hydrogens is 438 g/mol. The van der Waals surface area contributed by atoms with Crippen molar-refractivity contribution in [2.24, 2.45) is 0 Å². The lowest BCUT2D eigenvalue weighted by Gasteiger charge is -2.09. The van der Waals surface area contributed by atoms with Crippen molar-refractivity contribution in [3.05, 3.63) is 77.7 Å². The minimum Gasteiger partial charge on any atom is -0.301 e. The van der Waals surface area contributed by atoms with Crippen molar-refractivity contribution in [3.63, 3.8) is 0 Å². The summed E-state index contributed by atoms with van der Waals surface area (Å²) in [5, 5.41) is 14.8. The molecule has 8 heteroatoms. The average Bonchev–Trinajstić information content (AvgIpc) is 3.41. The lowest BCUT2D eigenvalue weighted by Crippen LogP contribution is -2.14. The van der Waals surface area contributed by atoms with Crippen molar-refractivity contribution in [1.29, 1.82) is 0 Å². The van der Waals surface area contributed by atoms with Gasteiger partial charge >= 0.3 is 0 Å². The van der Waals surface area contributed by atoms with Crippen LogP contribution in [0.25, 0.3) is 22.6 Å². The third kappa shape index (κ3) is 4.98. The molecule has 2 aromatic heterocycles. The molecule has 4 rings (SSSR count). The van der Waals surface area contributed by atoms with E-state index in [4.69, 9.17) is 0 Å². The molecule has 162 valence electrons. The molecule has 0 saturated carbocycles. The third-order valence-electron chi connectivity index (χ3n) is 4.84. The van der Waals surface area contributed by atoms with Crippen molar-refractivity contribution in [2.45, 2.75) is 25.5 Å². The summed E-state index contributed by atoms with van der Waals surface area (Å²) in [4.78, 5) is 17.1. The van der Waals surface area contributed by atoms with Gasteiger partial charge in [-0.3, -0.25) is 9.36 Å². The number of amides is 1. The Bertz CT molecular complexity index is 1240. The fraction of sp³-hybridized carbons (Fsp3) is 0.167. The van der Waals surface area contributed by atoms with E-state index in [0.717, 1.165) is 28.2 Å². The largest absolute Gasteiger partial charge is 0.301 e. The first-order chi connectivity index (χ1) is 15.5. The van der Waals surface area contributed by atoms with Crippen molar-refractivity contribution in [3.8, 4) is 22.6 Å². The predicted molar refractivity (Wildman–Crippen MR) is 132 cm³/mol. The van der Waals surface area contributed by atoms with E-state index < -0.39 is 0 Å². The fourth-order valence-corrected chi connectivity index (χ4v) is 4.67. The van der Waals surface area contributed by atoms with E-state index in [1.54, 1.807) is 6.08 Å². The Morgan fingerprint density at radius 2 is 1.94 bits per heavy atom. The zero-order valence-corrected chi connectivity index (χ0v) is 19.5. The molecule has 0 spiro atoms. The predicted octanol–water partition coefficient (Wildman–Crippen LogP) is 5.60. The molecule has 0 unspecified atom stereocenters. The number of nitrogens with zero attached hydrogens (tertiary/aromatic N) is 4. The lowest BCUT2D eigenvalue weighted by molar-refractivity contribution is -0.113. The highest BCUT2D eigenvalue weighted by atomic mass is 32.2. The second kappa shape index (κ2) is 9.93. The number of hydrogen-bond donors (Lipinski definition) is 1. The molecule has 0 aliphatic rings. The Kier molecular flexibility index (Phi) is 6.82. The highest BCUT2D eigenvalue weighted by Gasteiger charge is 2.16. The summed E-state index contributed by atoms with van der Waals surface area (Å²) in [5.41, 5.74) is 5.22. The smallest absolute Gasteiger partial charge is 0.236 e. The summed E-state index contributed by atoms with van der Waals surface area (Å²) in [6.45, 7) is 8.50. The molecule has 2 aromatic carbocycles. The molecule has 0 bridgehead atoms. The van der Waals surface area contributed by atoms with Gasteiger partial charge in [-0.1, -0.05) is 71.9 Å². The molecule has 0 fully saturated rings. The quantitative estimate of drug-likeness (QED) is 0.273. The standard InChI is InChI=1S/C24H23N5OS2/c1-4-13-29-22(19-8-6-5-7-17(19)3)27-28-24(29)32-15-21(30)26-23-25-20(14-31-23)18-11-9-16(2)10-12-18/h4-12,14H,1,13,15H2,2-3H3,(H,25,26,30). The molecule has 6 nitrogen and oxygen atoms in total. The summed E-state index contributed by atoms with van der Waals surface area (Å²) in [5.74, 6) is 0.849. The van der Waals surface area contributed by atoms with E-state index in [0.29, 0.717) is 16.8 Å². The van der Waals surface area contributed by atoms with E-state index in [-0.39, 0.29) is 11.7 Å². The maximum atomic E-state index is 12.5. The highest BCUT2D eigenvalue weighted by molar-refractivity contribution is 7.99. The van der Waals surface area contributed by atoms with Crippen LogP contribution in [0.5, 0.6) is 0 Å². The van der Waals surface area contributed by atoms with Gasteiger partial charge in [0.05, 0.1) is 11.4 Å². The molecule has 32 heavy (non-hydrogen) atoms. The molecule has 4 aromatic rings. The van der Waals surface area contributed by atoms with Gasteiger partial charge in [-0.25, -0.2) is 4.98 Å². The van der Waals surface area contributed by atoms with Crippen LogP contribution in [-0.4, -0.2) is 31.4 Å². The van der Waals surface area contributed by atoms with E-state index >= 15 is 0 Å². The summed E-state index contributed by atoms with van der Waals surface area (Å²) in [7, 11) is 0. The number of anilines is 1. The minimum atomic E-state index is -0.134. The van der Waals surface area contributed by atoms with E-state index in [9.17, 15) is 4.79 Å². The van der Waals surface area contributed by atoms with Gasteiger partial charge in [0.2, 0.25) is 5.91 Å². The van der Waals surface area contributed by atoms with E-state index in [1.807, 2.05) is 72.3 Å². The summed E-state index contributed by atoms with van der Waals surface area (Å²) < 4.78 is 1.98. The lowest BCUT2D eigenvalue weighted by atomic mass is 10.1. The number of carbonyl (C=O) groups excluding carboxylic acids is 1. The second-order valence-electron chi connectivity index (χ2n) is 7.26. The fourth-order valence-electron chi connectivity index (χ4n) is 3.19. The second-order valence-corrected chi connectivity index (χ2v) is 9.06. The Balaban J connectivity index is 1.43. The van der Waals surface area contributed by atoms with Gasteiger partial charge in [0.1, 0.15) is 0 Å². The Hall–Kier alpha value is -3.23. The number of aromatic nitrogens is 4. The van der Waals surface area contributed by atoms with Crippen molar-refractivity contribution in [1.82, 2.24) is 19.7 Å². The number of rotatable bonds is 8. The van der Waals surface area contributed by atoms with Crippen LogP contribution in [0.4, 0.5) is 5.13 Å². The zero-order chi connectivity index (χ0) is 22.5. The SMILES string of the molecule is C=CCn1c(SCC(=O)Nc2nc(-c3ccc(C)cc3)cs2)nnc1-c1ccccc1C. The van der Waals surface area contributed by atoms with Gasteiger partial charge in [-0.05, 0) is 19.4 Å². The maximum absolute atomic E-state index is 12.5. The van der Waals surface area contributed by atoms with Crippen LogP contribution in [0.3, 0.4) is 0 Å². The van der Waals surface area contributed by atoms with Crippen LogP contribution in [0.15, 0.2) is 71.7 Å². The topological polar surface area (TPSA) is 72.7 Å². The summed E-state index contributed by atoms with van der Waals surface area (Å²) >= 11 is 2.76. The molecule has 2 heterocycles. The van der Waals surface area contributed by atoms with Crippen molar-refractivity contribution >= 4 is 34.1 Å². The number of carbonyl (C=O) groups is 1. The molecular formula is C24H23N5OS2. The van der Waals surface area contributed by atoms with Gasteiger partial charge in [0, 0.05) is 23.1 Å². The van der Waals surface area contributed by atoms with Crippen LogP contribution >= 0.6 is 23.1 Å². The molecule has 0 radical (unpaired) electrons. The van der Waals surface area contributed by atoms with Gasteiger partial charge in [0.15, 0.2) is 16.1 Å². The Labute approximate surface area is 195 Å². The zero-order valence-electron chi connectivity index (χ0n) is 17.9.